The van der Waals surface area contributed by atoms with Crippen LogP contribution < -0.4 is 0 Å². The van der Waals surface area contributed by atoms with Crippen molar-refractivity contribution in [3.8, 4) is 56.2 Å². The zero-order valence-electron chi connectivity index (χ0n) is 24.0. The Kier molecular flexibility index (Phi) is 6.49. The van der Waals surface area contributed by atoms with Crippen molar-refractivity contribution >= 4 is 12.6 Å². The third-order valence-electron chi connectivity index (χ3n) is 9.40. The number of fused-ring (bicyclic) bond motifs is 5. The summed E-state index contributed by atoms with van der Waals surface area (Å²) < 4.78 is 0. The highest BCUT2D eigenvalue weighted by molar-refractivity contribution is 7.80. The molecular weight excluding hydrogens is 541 g/mol. The molecule has 0 aliphatic heterocycles. The molecule has 1 spiro atoms. The smallest absolute Gasteiger partial charge is 0.160 e. The first kappa shape index (κ1) is 26.2. The van der Waals surface area contributed by atoms with Gasteiger partial charge in [0, 0.05) is 27.0 Å². The van der Waals surface area contributed by atoms with E-state index in [2.05, 4.69) is 91.0 Å². The van der Waals surface area contributed by atoms with Crippen molar-refractivity contribution in [1.29, 1.82) is 0 Å². The van der Waals surface area contributed by atoms with Crippen molar-refractivity contribution in [2.45, 2.75) is 42.4 Å². The molecule has 0 amide bonds. The number of nitrogens with zero attached hydrogens (tertiary/aromatic N) is 2. The number of benzene rings is 5. The molecule has 5 aromatic carbocycles. The van der Waals surface area contributed by atoms with Crippen LogP contribution in [0.25, 0.3) is 56.2 Å². The monoisotopic (exact) mass is 572 g/mol. The van der Waals surface area contributed by atoms with E-state index in [9.17, 15) is 0 Å². The van der Waals surface area contributed by atoms with Gasteiger partial charge in [0.2, 0.25) is 0 Å². The Morgan fingerprint density at radius 2 is 1.12 bits per heavy atom. The molecule has 2 nitrogen and oxygen atoms in total. The fourth-order valence-electron chi connectivity index (χ4n) is 7.34. The van der Waals surface area contributed by atoms with E-state index in [1.807, 2.05) is 36.4 Å². The maximum Gasteiger partial charge on any atom is 0.160 e. The second-order valence-electron chi connectivity index (χ2n) is 11.9. The second kappa shape index (κ2) is 10.7. The maximum atomic E-state index is 5.08. The Balaban J connectivity index is 1.24. The minimum absolute atomic E-state index is 0.177. The highest BCUT2D eigenvalue weighted by atomic mass is 32.1. The first-order valence-electron chi connectivity index (χ1n) is 15.3. The Hall–Kier alpha value is -4.47. The molecule has 1 heterocycles. The molecule has 0 unspecified atom stereocenters. The van der Waals surface area contributed by atoms with Crippen molar-refractivity contribution in [1.82, 2.24) is 9.97 Å². The van der Waals surface area contributed by atoms with Crippen molar-refractivity contribution in [2.24, 2.45) is 0 Å². The van der Waals surface area contributed by atoms with E-state index in [1.54, 1.807) is 0 Å². The minimum Gasteiger partial charge on any atom is -0.228 e. The molecule has 0 saturated heterocycles. The van der Waals surface area contributed by atoms with Crippen LogP contribution in [0.2, 0.25) is 0 Å². The topological polar surface area (TPSA) is 25.8 Å². The maximum absolute atomic E-state index is 5.08. The summed E-state index contributed by atoms with van der Waals surface area (Å²) in [5.74, 6) is 0.711. The number of hydrogen-bond donors (Lipinski definition) is 1. The van der Waals surface area contributed by atoms with Gasteiger partial charge in [-0.1, -0.05) is 122 Å². The van der Waals surface area contributed by atoms with E-state index in [-0.39, 0.29) is 5.41 Å². The fourth-order valence-corrected chi connectivity index (χ4v) is 7.61. The van der Waals surface area contributed by atoms with Gasteiger partial charge in [0.05, 0.1) is 11.4 Å². The molecule has 1 aromatic heterocycles. The zero-order chi connectivity index (χ0) is 28.8. The van der Waals surface area contributed by atoms with Crippen LogP contribution in [-0.2, 0) is 5.41 Å². The Morgan fingerprint density at radius 3 is 1.95 bits per heavy atom. The Bertz CT molecular complexity index is 1970. The predicted molar refractivity (Wildman–Crippen MR) is 180 cm³/mol. The number of aromatic nitrogens is 2. The van der Waals surface area contributed by atoms with Crippen LogP contribution in [-0.4, -0.2) is 9.97 Å². The number of rotatable bonds is 4. The lowest BCUT2D eigenvalue weighted by atomic mass is 9.68. The van der Waals surface area contributed by atoms with Gasteiger partial charge >= 0.3 is 0 Å². The summed E-state index contributed by atoms with van der Waals surface area (Å²) in [5, 5.41) is 0. The highest BCUT2D eigenvalue weighted by Gasteiger charge is 2.43. The second-order valence-corrected chi connectivity index (χ2v) is 12.4. The van der Waals surface area contributed by atoms with Crippen LogP contribution in [0, 0.1) is 0 Å². The van der Waals surface area contributed by atoms with Gasteiger partial charge in [-0.15, -0.1) is 12.6 Å². The summed E-state index contributed by atoms with van der Waals surface area (Å²) in [7, 11) is 0. The van der Waals surface area contributed by atoms with Crippen molar-refractivity contribution < 1.29 is 0 Å². The van der Waals surface area contributed by atoms with Crippen LogP contribution in [0.15, 0.2) is 132 Å². The SMILES string of the molecule is Sc1ccccc1-c1cc(-c2ccccc2)nc(-c2cccc(-c3ccc4c(c3)-c3ccccc3C43CCCCC3)c2)n1. The first-order valence-corrected chi connectivity index (χ1v) is 15.7. The number of hydrogen-bond acceptors (Lipinski definition) is 3. The summed E-state index contributed by atoms with van der Waals surface area (Å²) in [6.07, 6.45) is 6.45. The molecule has 208 valence electrons. The van der Waals surface area contributed by atoms with Gasteiger partial charge in [0.15, 0.2) is 5.82 Å². The lowest BCUT2D eigenvalue weighted by Gasteiger charge is -2.36. The van der Waals surface area contributed by atoms with Gasteiger partial charge < -0.3 is 0 Å². The van der Waals surface area contributed by atoms with E-state index in [0.717, 1.165) is 33.0 Å². The Morgan fingerprint density at radius 1 is 0.465 bits per heavy atom. The third-order valence-corrected chi connectivity index (χ3v) is 9.79. The van der Waals surface area contributed by atoms with Crippen LogP contribution in [0.1, 0.15) is 43.2 Å². The van der Waals surface area contributed by atoms with Crippen molar-refractivity contribution in [3.63, 3.8) is 0 Å². The molecule has 0 N–H and O–H groups in total. The standard InChI is InChI=1S/C40H32N2S/c43-38-19-8-6-17-32(38)37-26-36(27-12-3-1-4-13-27)41-39(42-37)30-15-11-14-28(24-30)29-20-21-35-33(25-29)31-16-5-7-18-34(31)40(35)22-9-2-10-23-40/h1,3-8,11-21,24-26,43H,2,9-10,22-23H2. The van der Waals surface area contributed by atoms with Crippen LogP contribution in [0.3, 0.4) is 0 Å². The van der Waals surface area contributed by atoms with Crippen LogP contribution in [0.5, 0.6) is 0 Å². The summed E-state index contributed by atoms with van der Waals surface area (Å²) >= 11 is 4.74. The Labute approximate surface area is 258 Å². The van der Waals surface area contributed by atoms with Crippen molar-refractivity contribution in [2.75, 3.05) is 0 Å². The predicted octanol–water partition coefficient (Wildman–Crippen LogP) is 10.7. The van der Waals surface area contributed by atoms with Gasteiger partial charge in [-0.25, -0.2) is 9.97 Å². The van der Waals surface area contributed by atoms with Gasteiger partial charge in [-0.2, -0.15) is 0 Å². The lowest BCUT2D eigenvalue weighted by Crippen LogP contribution is -2.27. The van der Waals surface area contributed by atoms with Gasteiger partial charge in [0.1, 0.15) is 0 Å². The van der Waals surface area contributed by atoms with Gasteiger partial charge in [-0.3, -0.25) is 0 Å². The fraction of sp³-hybridized carbons (Fsp3) is 0.150. The third kappa shape index (κ3) is 4.51. The molecular formula is C40H32N2S. The normalized spacial score (nSPS) is 14.8. The quantitative estimate of drug-likeness (QED) is 0.213. The first-order chi connectivity index (χ1) is 21.2. The molecule has 2 aliphatic rings. The van der Waals surface area contributed by atoms with E-state index in [4.69, 9.17) is 22.6 Å². The summed E-state index contributed by atoms with van der Waals surface area (Å²) in [6, 6.07) is 45.4. The minimum atomic E-state index is 0.177. The molecule has 3 heteroatoms. The van der Waals surface area contributed by atoms with E-state index >= 15 is 0 Å². The van der Waals surface area contributed by atoms with Crippen LogP contribution >= 0.6 is 12.6 Å². The van der Waals surface area contributed by atoms with Crippen LogP contribution in [0.4, 0.5) is 0 Å². The molecule has 2 aliphatic carbocycles. The average Bonchev–Trinajstić information content (AvgIpc) is 3.34. The van der Waals surface area contributed by atoms with Crippen molar-refractivity contribution in [3.05, 3.63) is 139 Å². The lowest BCUT2D eigenvalue weighted by molar-refractivity contribution is 0.353. The molecule has 1 fully saturated rings. The molecule has 8 rings (SSSR count). The molecule has 0 bridgehead atoms. The molecule has 0 atom stereocenters. The van der Waals surface area contributed by atoms with Gasteiger partial charge in [-0.05, 0) is 70.5 Å². The molecule has 1 saturated carbocycles. The summed E-state index contributed by atoms with van der Waals surface area (Å²) in [4.78, 5) is 11.0. The summed E-state index contributed by atoms with van der Waals surface area (Å²) in [5.41, 5.74) is 13.2. The van der Waals surface area contributed by atoms with E-state index in [1.165, 1.54) is 65.5 Å². The largest absolute Gasteiger partial charge is 0.228 e. The highest BCUT2D eigenvalue weighted by Crippen LogP contribution is 2.56. The molecule has 0 radical (unpaired) electrons. The molecule has 6 aromatic rings. The summed E-state index contributed by atoms with van der Waals surface area (Å²) in [6.45, 7) is 0. The van der Waals surface area contributed by atoms with E-state index < -0.39 is 0 Å². The zero-order valence-corrected chi connectivity index (χ0v) is 24.9. The number of thiol groups is 1. The van der Waals surface area contributed by atoms with E-state index in [0.29, 0.717) is 5.82 Å². The molecule has 43 heavy (non-hydrogen) atoms. The van der Waals surface area contributed by atoms with Gasteiger partial charge in [0.25, 0.3) is 0 Å². The average molecular weight is 573 g/mol.